The van der Waals surface area contributed by atoms with Gasteiger partial charge < -0.3 is 10.2 Å². The summed E-state index contributed by atoms with van der Waals surface area (Å²) in [5.74, 6) is 0. The number of nitrogens with one attached hydrogen (secondary N) is 1. The van der Waals surface area contributed by atoms with E-state index in [4.69, 9.17) is 11.6 Å². The highest BCUT2D eigenvalue weighted by Crippen LogP contribution is 2.45. The summed E-state index contributed by atoms with van der Waals surface area (Å²) in [7, 11) is 2.01. The Labute approximate surface area is 141 Å². The molecule has 118 valence electrons. The first-order valence-electron chi connectivity index (χ1n) is 7.63. The number of halogens is 1. The number of aromatic nitrogens is 1. The molecular weight excluding hydrogens is 314 g/mol. The van der Waals surface area contributed by atoms with Crippen molar-refractivity contribution in [2.75, 3.05) is 25.0 Å². The highest BCUT2D eigenvalue weighted by atomic mass is 35.5. The molecule has 2 aromatic rings. The van der Waals surface area contributed by atoms with Crippen LogP contribution in [0, 0.1) is 0 Å². The van der Waals surface area contributed by atoms with Gasteiger partial charge in [-0.05, 0) is 37.5 Å². The third-order valence-electron chi connectivity index (χ3n) is 4.27. The molecule has 0 radical (unpaired) electrons. The SMILES string of the molecule is CNCCC(c1cccs1)N1CC(C)(C)c2ncc(Cl)cc21. The van der Waals surface area contributed by atoms with Gasteiger partial charge in [0.15, 0.2) is 0 Å². The zero-order valence-corrected chi connectivity index (χ0v) is 14.8. The summed E-state index contributed by atoms with van der Waals surface area (Å²) in [5.41, 5.74) is 2.39. The molecule has 22 heavy (non-hydrogen) atoms. The molecule has 3 rings (SSSR count). The van der Waals surface area contributed by atoms with Crippen molar-refractivity contribution in [1.82, 2.24) is 10.3 Å². The van der Waals surface area contributed by atoms with Gasteiger partial charge in [-0.25, -0.2) is 0 Å². The van der Waals surface area contributed by atoms with Crippen LogP contribution in [0.3, 0.4) is 0 Å². The van der Waals surface area contributed by atoms with Crippen LogP contribution in [0.25, 0.3) is 0 Å². The Kier molecular flexibility index (Phi) is 4.44. The standard InChI is InChI=1S/C17H22ClN3S/c1-17(2)11-21(14-9-12(18)10-20-16(14)17)13(6-7-19-3)15-5-4-8-22-15/h4-5,8-10,13,19H,6-7,11H2,1-3H3. The molecule has 0 amide bonds. The molecule has 1 aliphatic heterocycles. The Morgan fingerprint density at radius 1 is 1.50 bits per heavy atom. The predicted molar refractivity (Wildman–Crippen MR) is 95.2 cm³/mol. The quantitative estimate of drug-likeness (QED) is 0.885. The third-order valence-corrected chi connectivity index (χ3v) is 5.45. The van der Waals surface area contributed by atoms with Gasteiger partial charge in [0.25, 0.3) is 0 Å². The van der Waals surface area contributed by atoms with E-state index in [0.717, 1.165) is 25.2 Å². The first-order chi connectivity index (χ1) is 10.5. The molecule has 0 bridgehead atoms. The maximum absolute atomic E-state index is 6.22. The van der Waals surface area contributed by atoms with Crippen LogP contribution in [0.5, 0.6) is 0 Å². The normalized spacial score (nSPS) is 17.5. The van der Waals surface area contributed by atoms with Crippen molar-refractivity contribution in [2.24, 2.45) is 0 Å². The van der Waals surface area contributed by atoms with E-state index in [1.807, 2.05) is 18.4 Å². The summed E-state index contributed by atoms with van der Waals surface area (Å²) in [4.78, 5) is 8.51. The number of pyridine rings is 1. The molecule has 0 saturated carbocycles. The highest BCUT2D eigenvalue weighted by Gasteiger charge is 2.40. The van der Waals surface area contributed by atoms with Crippen molar-refractivity contribution < 1.29 is 0 Å². The van der Waals surface area contributed by atoms with Gasteiger partial charge in [-0.15, -0.1) is 11.3 Å². The van der Waals surface area contributed by atoms with Crippen molar-refractivity contribution >= 4 is 28.6 Å². The van der Waals surface area contributed by atoms with Crippen molar-refractivity contribution in [3.8, 4) is 0 Å². The number of nitrogens with zero attached hydrogens (tertiary/aromatic N) is 2. The van der Waals surface area contributed by atoms with Crippen LogP contribution >= 0.6 is 22.9 Å². The molecule has 0 fully saturated rings. The summed E-state index contributed by atoms with van der Waals surface area (Å²) >= 11 is 8.04. The minimum atomic E-state index is 0.0507. The molecule has 1 unspecified atom stereocenters. The summed E-state index contributed by atoms with van der Waals surface area (Å²) in [6, 6.07) is 6.80. The summed E-state index contributed by atoms with van der Waals surface area (Å²) in [6.07, 6.45) is 2.83. The first kappa shape index (κ1) is 15.8. The van der Waals surface area contributed by atoms with E-state index in [-0.39, 0.29) is 5.41 Å². The molecule has 1 atom stereocenters. The largest absolute Gasteiger partial charge is 0.361 e. The predicted octanol–water partition coefficient (Wildman–Crippen LogP) is 4.24. The van der Waals surface area contributed by atoms with Gasteiger partial charge in [0.1, 0.15) is 0 Å². The molecule has 1 N–H and O–H groups in total. The van der Waals surface area contributed by atoms with Gasteiger partial charge in [0.05, 0.1) is 22.4 Å². The van der Waals surface area contributed by atoms with E-state index in [2.05, 4.69) is 52.6 Å². The van der Waals surface area contributed by atoms with Crippen LogP contribution in [0.2, 0.25) is 5.02 Å². The third kappa shape index (κ3) is 2.87. The smallest absolute Gasteiger partial charge is 0.0711 e. The van der Waals surface area contributed by atoms with Gasteiger partial charge in [-0.2, -0.15) is 0 Å². The van der Waals surface area contributed by atoms with Crippen LogP contribution < -0.4 is 10.2 Å². The lowest BCUT2D eigenvalue weighted by Gasteiger charge is -2.31. The highest BCUT2D eigenvalue weighted by molar-refractivity contribution is 7.10. The van der Waals surface area contributed by atoms with Gasteiger partial charge in [-0.1, -0.05) is 31.5 Å². The Bertz CT molecular complexity index is 639. The van der Waals surface area contributed by atoms with Crippen molar-refractivity contribution in [3.63, 3.8) is 0 Å². The Balaban J connectivity index is 2.01. The summed E-state index contributed by atoms with van der Waals surface area (Å²) in [5, 5.41) is 6.14. The second-order valence-electron chi connectivity index (χ2n) is 6.46. The lowest BCUT2D eigenvalue weighted by molar-refractivity contribution is 0.494. The monoisotopic (exact) mass is 335 g/mol. The number of fused-ring (bicyclic) bond motifs is 1. The fourth-order valence-electron chi connectivity index (χ4n) is 3.25. The van der Waals surface area contributed by atoms with Gasteiger partial charge in [0, 0.05) is 23.0 Å². The van der Waals surface area contributed by atoms with Crippen molar-refractivity contribution in [2.45, 2.75) is 31.7 Å². The van der Waals surface area contributed by atoms with E-state index in [1.165, 1.54) is 10.6 Å². The van der Waals surface area contributed by atoms with Crippen LogP contribution in [0.15, 0.2) is 29.8 Å². The fourth-order valence-corrected chi connectivity index (χ4v) is 4.27. The minimum Gasteiger partial charge on any atom is -0.361 e. The Hall–Kier alpha value is -1.10. The average molecular weight is 336 g/mol. The second-order valence-corrected chi connectivity index (χ2v) is 7.87. The van der Waals surface area contributed by atoms with Gasteiger partial charge in [0.2, 0.25) is 0 Å². The lowest BCUT2D eigenvalue weighted by Crippen LogP contribution is -2.33. The number of thiophene rings is 1. The maximum atomic E-state index is 6.22. The molecule has 1 aliphatic rings. The van der Waals surface area contributed by atoms with E-state index in [9.17, 15) is 0 Å². The molecule has 5 heteroatoms. The zero-order valence-electron chi connectivity index (χ0n) is 13.3. The molecule has 2 aromatic heterocycles. The van der Waals surface area contributed by atoms with E-state index in [1.54, 1.807) is 6.20 Å². The molecule has 0 spiro atoms. The second kappa shape index (κ2) is 6.19. The average Bonchev–Trinajstić information content (AvgIpc) is 3.07. The lowest BCUT2D eigenvalue weighted by atomic mass is 9.91. The van der Waals surface area contributed by atoms with Gasteiger partial charge >= 0.3 is 0 Å². The first-order valence-corrected chi connectivity index (χ1v) is 8.89. The minimum absolute atomic E-state index is 0.0507. The van der Waals surface area contributed by atoms with E-state index in [0.29, 0.717) is 11.1 Å². The molecule has 0 aromatic carbocycles. The topological polar surface area (TPSA) is 28.2 Å². The van der Waals surface area contributed by atoms with E-state index < -0.39 is 0 Å². The summed E-state index contributed by atoms with van der Waals surface area (Å²) < 4.78 is 0. The Morgan fingerprint density at radius 2 is 2.32 bits per heavy atom. The number of hydrogen-bond donors (Lipinski definition) is 1. The van der Waals surface area contributed by atoms with Crippen LogP contribution in [0.4, 0.5) is 5.69 Å². The number of anilines is 1. The molecular formula is C17H22ClN3S. The van der Waals surface area contributed by atoms with Gasteiger partial charge in [-0.3, -0.25) is 4.98 Å². The van der Waals surface area contributed by atoms with Crippen LogP contribution in [-0.4, -0.2) is 25.1 Å². The molecule has 3 heterocycles. The van der Waals surface area contributed by atoms with Crippen LogP contribution in [-0.2, 0) is 5.41 Å². The maximum Gasteiger partial charge on any atom is 0.0711 e. The number of hydrogen-bond acceptors (Lipinski definition) is 4. The van der Waals surface area contributed by atoms with E-state index >= 15 is 0 Å². The van der Waals surface area contributed by atoms with Crippen LogP contribution in [0.1, 0.15) is 36.9 Å². The molecule has 3 nitrogen and oxygen atoms in total. The summed E-state index contributed by atoms with van der Waals surface area (Å²) in [6.45, 7) is 6.48. The molecule has 0 aliphatic carbocycles. The van der Waals surface area contributed by atoms with Crippen molar-refractivity contribution in [1.29, 1.82) is 0 Å². The van der Waals surface area contributed by atoms with Crippen molar-refractivity contribution in [3.05, 3.63) is 45.4 Å². The molecule has 0 saturated heterocycles. The fraction of sp³-hybridized carbons (Fsp3) is 0.471. The Morgan fingerprint density at radius 3 is 3.00 bits per heavy atom. The zero-order chi connectivity index (χ0) is 15.7. The number of rotatable bonds is 5.